The molecular formula is C37H46F3N5O5. The number of amides is 3. The molecule has 1 aliphatic rings. The fourth-order valence-corrected chi connectivity index (χ4v) is 5.80. The lowest BCUT2D eigenvalue weighted by Crippen LogP contribution is -2.49. The van der Waals surface area contributed by atoms with Crippen LogP contribution in [0, 0.1) is 5.92 Å². The number of aliphatic hydroxyl groups is 1. The van der Waals surface area contributed by atoms with Crippen LogP contribution < -0.4 is 21.1 Å². The molecule has 0 saturated heterocycles. The van der Waals surface area contributed by atoms with Crippen molar-refractivity contribution in [2.24, 2.45) is 5.92 Å². The molecule has 0 radical (unpaired) electrons. The quantitative estimate of drug-likeness (QED) is 0.117. The van der Waals surface area contributed by atoms with Crippen molar-refractivity contribution in [1.82, 2.24) is 9.80 Å². The Labute approximate surface area is 290 Å². The van der Waals surface area contributed by atoms with Crippen LogP contribution in [0.4, 0.5) is 30.2 Å². The van der Waals surface area contributed by atoms with Gasteiger partial charge in [0.25, 0.3) is 5.91 Å². The number of fused-ring (bicyclic) bond motifs is 1. The Morgan fingerprint density at radius 3 is 2.32 bits per heavy atom. The molecule has 0 bridgehead atoms. The molecule has 3 aromatic rings. The van der Waals surface area contributed by atoms with Crippen molar-refractivity contribution in [3.05, 3.63) is 83.4 Å². The van der Waals surface area contributed by atoms with Crippen LogP contribution in [0.3, 0.4) is 0 Å². The lowest BCUT2D eigenvalue weighted by molar-refractivity contribution is -0.137. The summed E-state index contributed by atoms with van der Waals surface area (Å²) in [6.07, 6.45) is -2.43. The highest BCUT2D eigenvalue weighted by atomic mass is 19.4. The molecule has 5 N–H and O–H groups in total. The molecule has 3 amide bonds. The summed E-state index contributed by atoms with van der Waals surface area (Å²) in [5.74, 6) is -0.539. The summed E-state index contributed by atoms with van der Waals surface area (Å²) in [6, 6.07) is 16.5. The van der Waals surface area contributed by atoms with Crippen molar-refractivity contribution in [2.75, 3.05) is 43.1 Å². The van der Waals surface area contributed by atoms with E-state index in [-0.39, 0.29) is 42.2 Å². The maximum Gasteiger partial charge on any atom is 0.416 e. The first-order valence-electron chi connectivity index (χ1n) is 16.8. The van der Waals surface area contributed by atoms with Gasteiger partial charge in [-0.3, -0.25) is 19.3 Å². The van der Waals surface area contributed by atoms with E-state index in [9.17, 15) is 32.7 Å². The van der Waals surface area contributed by atoms with Gasteiger partial charge in [-0.25, -0.2) is 0 Å². The molecule has 3 atom stereocenters. The normalized spacial score (nSPS) is 17.0. The number of aliphatic hydroxyl groups excluding tert-OH is 1. The van der Waals surface area contributed by atoms with E-state index in [0.717, 1.165) is 12.1 Å². The number of nitrogens with zero attached hydrogens (tertiary/aromatic N) is 2. The zero-order valence-electron chi connectivity index (χ0n) is 28.6. The number of hydrogen-bond donors (Lipinski definition) is 4. The molecule has 0 aromatic heterocycles. The Morgan fingerprint density at radius 2 is 1.68 bits per heavy atom. The van der Waals surface area contributed by atoms with Gasteiger partial charge in [0.15, 0.2) is 0 Å². The van der Waals surface area contributed by atoms with Gasteiger partial charge < -0.3 is 31.1 Å². The van der Waals surface area contributed by atoms with E-state index in [1.165, 1.54) is 12.1 Å². The number of rotatable bonds is 14. The number of alkyl halides is 3. The molecular weight excluding hydrogens is 651 g/mol. The van der Waals surface area contributed by atoms with Gasteiger partial charge in [0, 0.05) is 44.1 Å². The third kappa shape index (κ3) is 10.7. The molecule has 0 aliphatic carbocycles. The average Bonchev–Trinajstić information content (AvgIpc) is 3.07. The number of ether oxygens (including phenoxy) is 1. The van der Waals surface area contributed by atoms with Gasteiger partial charge >= 0.3 is 6.18 Å². The van der Waals surface area contributed by atoms with E-state index < -0.39 is 23.9 Å². The summed E-state index contributed by atoms with van der Waals surface area (Å²) in [5, 5.41) is 15.6. The van der Waals surface area contributed by atoms with Gasteiger partial charge in [-0.2, -0.15) is 13.2 Å². The smallest absolute Gasteiger partial charge is 0.416 e. The summed E-state index contributed by atoms with van der Waals surface area (Å²) < 4.78 is 45.4. The molecule has 0 unspecified atom stereocenters. The highest BCUT2D eigenvalue weighted by Gasteiger charge is 2.34. The number of unbranched alkanes of at least 4 members (excludes halogenated alkanes) is 2. The highest BCUT2D eigenvalue weighted by Crippen LogP contribution is 2.32. The van der Waals surface area contributed by atoms with Gasteiger partial charge in [-0.05, 0) is 74.8 Å². The van der Waals surface area contributed by atoms with Crippen molar-refractivity contribution >= 4 is 34.8 Å². The number of likely N-dealkylation sites (N-methyl/N-ethyl adjacent to an activating group) is 1. The van der Waals surface area contributed by atoms with Crippen LogP contribution >= 0.6 is 0 Å². The second kappa shape index (κ2) is 17.3. The summed E-state index contributed by atoms with van der Waals surface area (Å²) in [4.78, 5) is 42.4. The van der Waals surface area contributed by atoms with Gasteiger partial charge in [-0.1, -0.05) is 37.6 Å². The monoisotopic (exact) mass is 697 g/mol. The third-order valence-corrected chi connectivity index (χ3v) is 8.72. The van der Waals surface area contributed by atoms with Crippen LogP contribution in [0.1, 0.15) is 67.4 Å². The fraction of sp³-hybridized carbons (Fsp3) is 0.432. The maximum atomic E-state index is 13.8. The second-order valence-electron chi connectivity index (χ2n) is 13.0. The molecule has 270 valence electrons. The molecule has 1 heterocycles. The number of halogens is 3. The minimum absolute atomic E-state index is 0.146. The van der Waals surface area contributed by atoms with Crippen LogP contribution in [0.15, 0.2) is 66.7 Å². The summed E-state index contributed by atoms with van der Waals surface area (Å²) in [6.45, 7) is 4.56. The molecule has 0 fully saturated rings. The Bertz CT molecular complexity index is 1620. The first kappa shape index (κ1) is 38.2. The number of para-hydroxylation sites is 2. The highest BCUT2D eigenvalue weighted by molar-refractivity contribution is 6.00. The van der Waals surface area contributed by atoms with Crippen LogP contribution in [0.5, 0.6) is 5.75 Å². The minimum Gasteiger partial charge on any atom is -0.488 e. The van der Waals surface area contributed by atoms with Crippen molar-refractivity contribution in [3.8, 4) is 5.75 Å². The van der Waals surface area contributed by atoms with Crippen LogP contribution in [-0.4, -0.2) is 71.5 Å². The fourth-order valence-electron chi connectivity index (χ4n) is 5.80. The minimum atomic E-state index is -4.41. The maximum absolute atomic E-state index is 13.8. The summed E-state index contributed by atoms with van der Waals surface area (Å²) in [7, 11) is 1.85. The summed E-state index contributed by atoms with van der Waals surface area (Å²) >= 11 is 0. The number of carbonyl (C=O) groups excluding carboxylic acids is 3. The SMILES string of the molecule is C[C@@H]1CN([C@@H](C)CO)C(=O)c2cc(NC(=O)CCCCCC(=O)Nc3ccccc3N)ccc2O[C@@H]1CN(C)Cc1ccc(C(F)(F)F)cc1. The number of carbonyl (C=O) groups is 3. The molecule has 10 nitrogen and oxygen atoms in total. The lowest BCUT2D eigenvalue weighted by Gasteiger charge is -2.38. The Hall–Kier alpha value is -4.62. The van der Waals surface area contributed by atoms with Crippen LogP contribution in [0.25, 0.3) is 0 Å². The molecule has 1 aliphatic heterocycles. The predicted octanol–water partition coefficient (Wildman–Crippen LogP) is 6.17. The largest absolute Gasteiger partial charge is 0.488 e. The zero-order chi connectivity index (χ0) is 36.4. The first-order valence-corrected chi connectivity index (χ1v) is 16.8. The van der Waals surface area contributed by atoms with E-state index in [2.05, 4.69) is 10.6 Å². The summed E-state index contributed by atoms with van der Waals surface area (Å²) in [5.41, 5.74) is 7.61. The molecule has 0 saturated carbocycles. The molecule has 4 rings (SSSR count). The Kier molecular flexibility index (Phi) is 13.3. The molecule has 50 heavy (non-hydrogen) atoms. The lowest BCUT2D eigenvalue weighted by atomic mass is 9.99. The van der Waals surface area contributed by atoms with Crippen LogP contribution in [0.2, 0.25) is 0 Å². The Balaban J connectivity index is 1.36. The number of anilines is 3. The van der Waals surface area contributed by atoms with Gasteiger partial charge in [0.1, 0.15) is 11.9 Å². The number of nitrogens with one attached hydrogen (secondary N) is 2. The van der Waals surface area contributed by atoms with E-state index in [0.29, 0.717) is 73.7 Å². The third-order valence-electron chi connectivity index (χ3n) is 8.72. The van der Waals surface area contributed by atoms with Crippen molar-refractivity contribution in [3.63, 3.8) is 0 Å². The predicted molar refractivity (Wildman–Crippen MR) is 187 cm³/mol. The second-order valence-corrected chi connectivity index (χ2v) is 13.0. The average molecular weight is 698 g/mol. The van der Waals surface area contributed by atoms with Crippen molar-refractivity contribution in [1.29, 1.82) is 0 Å². The zero-order valence-corrected chi connectivity index (χ0v) is 28.6. The van der Waals surface area contributed by atoms with E-state index in [4.69, 9.17) is 10.5 Å². The standard InChI is InChI=1S/C37H46F3N5O5/c1-24-20-45(25(2)23-46)36(49)29-19-28(42-34(47)11-5-4-6-12-35(48)43-31-10-8-7-9-30(31)41)17-18-32(29)50-33(24)22-44(3)21-26-13-15-27(16-14-26)37(38,39)40/h7-10,13-19,24-25,33,46H,4-6,11-12,20-23,41H2,1-3H3,(H,42,47)(H,43,48)/t24-,25+,33-/m1/s1. The van der Waals surface area contributed by atoms with E-state index in [1.54, 1.807) is 54.3 Å². The van der Waals surface area contributed by atoms with E-state index in [1.807, 2.05) is 18.9 Å². The first-order chi connectivity index (χ1) is 23.7. The number of nitrogens with two attached hydrogens (primary N) is 1. The van der Waals surface area contributed by atoms with Crippen molar-refractivity contribution in [2.45, 2.75) is 70.8 Å². The van der Waals surface area contributed by atoms with Gasteiger partial charge in [-0.15, -0.1) is 0 Å². The van der Waals surface area contributed by atoms with Crippen LogP contribution in [-0.2, 0) is 22.3 Å². The van der Waals surface area contributed by atoms with E-state index >= 15 is 0 Å². The molecule has 0 spiro atoms. The number of nitrogen functional groups attached to an aromatic ring is 1. The van der Waals surface area contributed by atoms with Gasteiger partial charge in [0.2, 0.25) is 11.8 Å². The molecule has 13 heteroatoms. The topological polar surface area (TPSA) is 137 Å². The number of hydrogen-bond acceptors (Lipinski definition) is 7. The van der Waals surface area contributed by atoms with Gasteiger partial charge in [0.05, 0.1) is 35.2 Å². The number of benzene rings is 3. The van der Waals surface area contributed by atoms with Crippen molar-refractivity contribution < 1.29 is 37.4 Å². The Morgan fingerprint density at radius 1 is 1.02 bits per heavy atom. The molecule has 3 aromatic carbocycles.